The summed E-state index contributed by atoms with van der Waals surface area (Å²) in [5.74, 6) is 0.898. The number of hydrogen-bond donors (Lipinski definition) is 0. The normalized spacial score (nSPS) is 13.5. The maximum absolute atomic E-state index is 12.6. The van der Waals surface area contributed by atoms with Crippen molar-refractivity contribution < 1.29 is 22.3 Å². The molecular weight excluding hydrogens is 390 g/mol. The maximum Gasteiger partial charge on any atom is 0.226 e. The number of sulfone groups is 1. The maximum atomic E-state index is 12.6. The van der Waals surface area contributed by atoms with Gasteiger partial charge in [-0.2, -0.15) is 0 Å². The number of benzene rings is 2. The number of fused-ring (bicyclic) bond motifs is 1. The van der Waals surface area contributed by atoms with Gasteiger partial charge in [0, 0.05) is 5.56 Å². The molecule has 0 saturated carbocycles. The highest BCUT2D eigenvalue weighted by Crippen LogP contribution is 2.38. The summed E-state index contributed by atoms with van der Waals surface area (Å²) in [6, 6.07) is 12.5. The van der Waals surface area contributed by atoms with Gasteiger partial charge in [0.15, 0.2) is 21.3 Å². The van der Waals surface area contributed by atoms with Crippen molar-refractivity contribution in [2.24, 2.45) is 0 Å². The van der Waals surface area contributed by atoms with Gasteiger partial charge in [0.1, 0.15) is 19.5 Å². The first-order valence-electron chi connectivity index (χ1n) is 8.28. The average Bonchev–Trinajstić information content (AvgIpc) is 3.10. The molecule has 8 heteroatoms. The van der Waals surface area contributed by atoms with E-state index in [1.54, 1.807) is 12.1 Å². The van der Waals surface area contributed by atoms with Crippen molar-refractivity contribution in [3.05, 3.63) is 65.0 Å². The molecule has 0 unspecified atom stereocenters. The number of hydrogen-bond acceptors (Lipinski definition) is 6. The fourth-order valence-corrected chi connectivity index (χ4v) is 4.51. The van der Waals surface area contributed by atoms with Crippen LogP contribution in [0.3, 0.4) is 0 Å². The van der Waals surface area contributed by atoms with Gasteiger partial charge in [0.2, 0.25) is 5.89 Å². The van der Waals surface area contributed by atoms with Crippen molar-refractivity contribution >= 4 is 21.4 Å². The molecule has 0 aliphatic carbocycles. The molecule has 27 heavy (non-hydrogen) atoms. The second-order valence-corrected chi connectivity index (χ2v) is 8.62. The Bertz CT molecular complexity index is 1060. The average molecular weight is 406 g/mol. The van der Waals surface area contributed by atoms with Gasteiger partial charge in [0.25, 0.3) is 0 Å². The second kappa shape index (κ2) is 7.25. The molecule has 1 aliphatic rings. The minimum atomic E-state index is -3.48. The highest BCUT2D eigenvalue weighted by molar-refractivity contribution is 7.89. The van der Waals surface area contributed by atoms with Crippen molar-refractivity contribution in [1.29, 1.82) is 0 Å². The van der Waals surface area contributed by atoms with Crippen molar-refractivity contribution in [3.8, 4) is 23.0 Å². The van der Waals surface area contributed by atoms with Crippen molar-refractivity contribution in [2.45, 2.75) is 11.5 Å². The molecule has 2 aromatic carbocycles. The number of oxazole rings is 1. The van der Waals surface area contributed by atoms with Crippen molar-refractivity contribution in [3.63, 3.8) is 0 Å². The van der Waals surface area contributed by atoms with Gasteiger partial charge in [-0.1, -0.05) is 29.8 Å². The van der Waals surface area contributed by atoms with Gasteiger partial charge < -0.3 is 13.9 Å². The summed E-state index contributed by atoms with van der Waals surface area (Å²) in [5, 5.41) is 0.338. The Balaban J connectivity index is 1.51. The lowest BCUT2D eigenvalue weighted by molar-refractivity contribution is 0.171. The zero-order valence-electron chi connectivity index (χ0n) is 14.2. The van der Waals surface area contributed by atoms with Crippen LogP contribution in [0.2, 0.25) is 5.02 Å². The Kier molecular flexibility index (Phi) is 4.80. The molecule has 4 rings (SSSR count). The van der Waals surface area contributed by atoms with E-state index in [1.807, 2.05) is 30.3 Å². The lowest BCUT2D eigenvalue weighted by atomic mass is 10.2. The topological polar surface area (TPSA) is 78.6 Å². The van der Waals surface area contributed by atoms with Gasteiger partial charge in [-0.3, -0.25) is 0 Å². The van der Waals surface area contributed by atoms with Crippen molar-refractivity contribution in [2.75, 3.05) is 13.2 Å². The van der Waals surface area contributed by atoms with Gasteiger partial charge in [0.05, 0.1) is 22.2 Å². The van der Waals surface area contributed by atoms with E-state index in [4.69, 9.17) is 25.5 Å². The van der Waals surface area contributed by atoms with Crippen LogP contribution in [0.5, 0.6) is 11.5 Å². The predicted molar refractivity (Wildman–Crippen MR) is 101 cm³/mol. The van der Waals surface area contributed by atoms with Gasteiger partial charge in [-0.05, 0) is 29.8 Å². The van der Waals surface area contributed by atoms with Crippen LogP contribution in [-0.4, -0.2) is 26.6 Å². The molecular formula is C19H16ClNO5S. The number of aromatic nitrogens is 1. The van der Waals surface area contributed by atoms with E-state index in [9.17, 15) is 8.42 Å². The highest BCUT2D eigenvalue weighted by Gasteiger charge is 2.21. The number of nitrogens with zero attached hydrogens (tertiary/aromatic N) is 1. The Morgan fingerprint density at radius 1 is 1.04 bits per heavy atom. The third-order valence-electron chi connectivity index (χ3n) is 3.98. The zero-order chi connectivity index (χ0) is 18.9. The van der Waals surface area contributed by atoms with Crippen LogP contribution >= 0.6 is 11.6 Å². The first kappa shape index (κ1) is 17.9. The lowest BCUT2D eigenvalue weighted by Crippen LogP contribution is -2.16. The smallest absolute Gasteiger partial charge is 0.226 e. The summed E-state index contributed by atoms with van der Waals surface area (Å²) in [6.45, 7) is 0.820. The van der Waals surface area contributed by atoms with Crippen LogP contribution in [-0.2, 0) is 21.3 Å². The van der Waals surface area contributed by atoms with E-state index < -0.39 is 9.84 Å². The molecule has 0 spiro atoms. The molecule has 0 N–H and O–H groups in total. The first-order valence-corrected chi connectivity index (χ1v) is 10.5. The van der Waals surface area contributed by atoms with Crippen LogP contribution < -0.4 is 9.47 Å². The van der Waals surface area contributed by atoms with E-state index in [2.05, 4.69) is 4.98 Å². The van der Waals surface area contributed by atoms with E-state index in [-0.39, 0.29) is 11.5 Å². The van der Waals surface area contributed by atoms with Crippen LogP contribution in [0, 0.1) is 0 Å². The Hall–Kier alpha value is -2.51. The van der Waals surface area contributed by atoms with Gasteiger partial charge in [-0.15, -0.1) is 0 Å². The summed E-state index contributed by atoms with van der Waals surface area (Å²) in [5.41, 5.74) is 1.69. The van der Waals surface area contributed by atoms with Crippen LogP contribution in [0.25, 0.3) is 11.5 Å². The lowest BCUT2D eigenvalue weighted by Gasteiger charge is -2.20. The second-order valence-electron chi connectivity index (χ2n) is 6.14. The molecule has 3 aromatic rings. The van der Waals surface area contributed by atoms with E-state index in [0.29, 0.717) is 46.9 Å². The van der Waals surface area contributed by atoms with Crippen molar-refractivity contribution in [1.82, 2.24) is 4.98 Å². The van der Waals surface area contributed by atoms with Crippen LogP contribution in [0.15, 0.2) is 53.1 Å². The third-order valence-corrected chi connectivity index (χ3v) is 5.77. The Labute approximate surface area is 161 Å². The largest absolute Gasteiger partial charge is 0.486 e. The molecule has 1 aliphatic heterocycles. The molecule has 2 heterocycles. The van der Waals surface area contributed by atoms with Crippen LogP contribution in [0.4, 0.5) is 0 Å². The highest BCUT2D eigenvalue weighted by atomic mass is 35.5. The number of halogens is 1. The molecule has 0 amide bonds. The van der Waals surface area contributed by atoms with E-state index in [0.717, 1.165) is 5.56 Å². The fourth-order valence-electron chi connectivity index (χ4n) is 2.86. The van der Waals surface area contributed by atoms with Gasteiger partial charge in [-0.25, -0.2) is 13.4 Å². The molecule has 0 radical (unpaired) electrons. The Morgan fingerprint density at radius 3 is 2.63 bits per heavy atom. The summed E-state index contributed by atoms with van der Waals surface area (Å²) in [7, 11) is -3.48. The minimum absolute atomic E-state index is 0.184. The monoisotopic (exact) mass is 405 g/mol. The molecule has 6 nitrogen and oxygen atoms in total. The molecule has 0 atom stereocenters. The van der Waals surface area contributed by atoms with E-state index >= 15 is 0 Å². The molecule has 0 saturated heterocycles. The van der Waals surface area contributed by atoms with Gasteiger partial charge >= 0.3 is 0 Å². The molecule has 1 aromatic heterocycles. The quantitative estimate of drug-likeness (QED) is 0.641. The summed E-state index contributed by atoms with van der Waals surface area (Å²) in [6.07, 6.45) is 1.37. The zero-order valence-corrected chi connectivity index (χ0v) is 15.8. The fraction of sp³-hybridized carbons (Fsp3) is 0.211. The van der Waals surface area contributed by atoms with Crippen LogP contribution in [0.1, 0.15) is 11.3 Å². The summed E-state index contributed by atoms with van der Waals surface area (Å²) in [4.78, 5) is 4.28. The SMILES string of the molecule is O=S(=O)(Cc1cc(Cl)c2c(c1)OCCO2)Cc1coc(-c2ccccc2)n1. The summed E-state index contributed by atoms with van der Waals surface area (Å²) >= 11 is 6.18. The predicted octanol–water partition coefficient (Wildman–Crippen LogP) is 3.88. The summed E-state index contributed by atoms with van der Waals surface area (Å²) < 4.78 is 41.6. The third kappa shape index (κ3) is 4.09. The molecule has 0 fully saturated rings. The number of ether oxygens (including phenoxy) is 2. The minimum Gasteiger partial charge on any atom is -0.486 e. The number of rotatable bonds is 5. The first-order chi connectivity index (χ1) is 13.0. The molecule has 0 bridgehead atoms. The van der Waals surface area contributed by atoms with E-state index in [1.165, 1.54) is 6.26 Å². The Morgan fingerprint density at radius 2 is 1.81 bits per heavy atom. The standard InChI is InChI=1S/C19H16ClNO5S/c20-16-8-13(9-17-18(16)25-7-6-24-17)11-27(22,23)12-15-10-26-19(21-15)14-4-2-1-3-5-14/h1-5,8-10H,6-7,11-12H2. The molecule has 140 valence electrons.